The molecule has 0 radical (unpaired) electrons. The van der Waals surface area contributed by atoms with Gasteiger partial charge in [0.15, 0.2) is 0 Å². The summed E-state index contributed by atoms with van der Waals surface area (Å²) in [4.78, 5) is 4.04. The molecule has 0 spiro atoms. The van der Waals surface area contributed by atoms with Gasteiger partial charge in [-0.05, 0) is 11.5 Å². The van der Waals surface area contributed by atoms with Crippen molar-refractivity contribution in [1.82, 2.24) is 4.98 Å². The summed E-state index contributed by atoms with van der Waals surface area (Å²) < 4.78 is 0. The molecule has 0 amide bonds. The summed E-state index contributed by atoms with van der Waals surface area (Å²) in [5.41, 5.74) is 0.764. The van der Waals surface area contributed by atoms with Crippen LogP contribution in [0.2, 0.25) is 0 Å². The minimum atomic E-state index is 0. The molecule has 0 aliphatic rings. The van der Waals surface area contributed by atoms with Gasteiger partial charge in [0.25, 0.3) is 0 Å². The average Bonchev–Trinajstić information content (AvgIpc) is 2.22. The van der Waals surface area contributed by atoms with E-state index in [1.54, 1.807) is 6.07 Å². The van der Waals surface area contributed by atoms with Crippen molar-refractivity contribution in [2.45, 2.75) is 0 Å². The van der Waals surface area contributed by atoms with Crippen molar-refractivity contribution >= 4 is 10.9 Å². The third-order valence-electron chi connectivity index (χ3n) is 1.61. The Hall–Kier alpha value is -1.01. The Morgan fingerprint density at radius 2 is 1.79 bits per heavy atom. The first-order valence-corrected chi connectivity index (χ1v) is 3.83. The van der Waals surface area contributed by atoms with E-state index in [0.717, 1.165) is 12.6 Å². The smallest absolute Gasteiger partial charge is 0.872 e. The van der Waals surface area contributed by atoms with Crippen LogP contribution < -0.4 is 24.0 Å². The molecule has 0 bridgehead atoms. The van der Waals surface area contributed by atoms with Crippen molar-refractivity contribution in [2.24, 2.45) is 0 Å². The van der Waals surface area contributed by atoms with Gasteiger partial charge in [0.2, 0.25) is 0 Å². The average molecular weight is 183 g/mol. The molecule has 1 aromatic carbocycles. The van der Waals surface area contributed by atoms with Gasteiger partial charge in [-0.25, -0.2) is 0 Å². The minimum Gasteiger partial charge on any atom is -0.872 e. The first-order valence-electron chi connectivity index (χ1n) is 3.83. The summed E-state index contributed by atoms with van der Waals surface area (Å²) >= 11 is 0. The Bertz CT molecular complexity index is 387. The van der Waals surface area contributed by atoms with E-state index in [0.29, 0.717) is 5.39 Å². The fourth-order valence-corrected chi connectivity index (χ4v) is 1.07. The van der Waals surface area contributed by atoms with E-state index >= 15 is 0 Å². The van der Waals surface area contributed by atoms with Crippen molar-refractivity contribution in [2.75, 3.05) is 7.11 Å². The Morgan fingerprint density at radius 1 is 1.14 bits per heavy atom. The number of para-hydroxylation sites is 1. The van der Waals surface area contributed by atoms with Crippen LogP contribution in [0.25, 0.3) is 10.9 Å². The van der Waals surface area contributed by atoms with E-state index in [1.165, 1.54) is 12.3 Å². The molecule has 1 aromatic heterocycles. The molecule has 3 nitrogen and oxygen atoms in total. The number of aromatic nitrogens is 1. The fraction of sp³-hybridized carbons (Fsp3) is 0.100. The van der Waals surface area contributed by atoms with E-state index in [2.05, 4.69) is 4.98 Å². The van der Waals surface area contributed by atoms with Gasteiger partial charge in [-0.1, -0.05) is 30.0 Å². The molecule has 68 valence electrons. The van der Waals surface area contributed by atoms with E-state index in [4.69, 9.17) is 5.11 Å². The van der Waals surface area contributed by atoms with Crippen molar-refractivity contribution in [1.29, 1.82) is 0 Å². The third kappa shape index (κ3) is 2.74. The van der Waals surface area contributed by atoms with E-state index in [9.17, 15) is 5.11 Å². The summed E-state index contributed by atoms with van der Waals surface area (Å²) in [5.74, 6) is 0.0376. The summed E-state index contributed by atoms with van der Waals surface area (Å²) in [6.45, 7) is 0. The minimum absolute atomic E-state index is 0. The van der Waals surface area contributed by atoms with Crippen LogP contribution in [0.15, 0.2) is 36.5 Å². The maximum Gasteiger partial charge on any atom is 1.00 e. The number of aliphatic hydroxyl groups excluding tert-OH is 1. The van der Waals surface area contributed by atoms with Crippen LogP contribution >= 0.6 is 0 Å². The zero-order chi connectivity index (χ0) is 9.68. The van der Waals surface area contributed by atoms with Gasteiger partial charge in [0.1, 0.15) is 0 Å². The third-order valence-corrected chi connectivity index (χ3v) is 1.61. The summed E-state index contributed by atoms with van der Waals surface area (Å²) in [7, 11) is 1.00. The summed E-state index contributed by atoms with van der Waals surface area (Å²) in [6, 6.07) is 8.80. The molecule has 4 heteroatoms. The van der Waals surface area contributed by atoms with E-state index in [1.807, 2.05) is 18.2 Å². The maximum absolute atomic E-state index is 11.1. The second kappa shape index (κ2) is 6.44. The topological polar surface area (TPSA) is 56.2 Å². The quantitative estimate of drug-likeness (QED) is 0.477. The monoisotopic (exact) mass is 183 g/mol. The van der Waals surface area contributed by atoms with Crippen LogP contribution in [0.4, 0.5) is 0 Å². The molecule has 2 rings (SSSR count). The number of nitrogens with zero attached hydrogens (tertiary/aromatic N) is 1. The first kappa shape index (κ1) is 13.0. The molecule has 0 aliphatic carbocycles. The molecular weight excluding hydrogens is 173 g/mol. The summed E-state index contributed by atoms with van der Waals surface area (Å²) in [5, 5.41) is 18.8. The molecule has 0 atom stereocenters. The molecule has 0 saturated carbocycles. The number of hydrogen-bond donors (Lipinski definition) is 1. The molecule has 0 unspecified atom stereocenters. The molecule has 0 saturated heterocycles. The molecule has 0 fully saturated rings. The fourth-order valence-electron chi connectivity index (χ4n) is 1.07. The number of aliphatic hydroxyl groups is 1. The van der Waals surface area contributed by atoms with Gasteiger partial charge in [-0.3, -0.25) is 4.98 Å². The standard InChI is InChI=1S/C9H7NO.CH4O.Li/c11-9-5-6-10-8-4-2-1-3-7(8)9;1-2;/h1-6H,(H,10,11);2H,1H3;/q;;+1/p-1. The SMILES string of the molecule is CO.[Li+].[O-]c1ccnc2ccccc12. The predicted octanol–water partition coefficient (Wildman–Crippen LogP) is -2.08. The number of benzene rings is 1. The molecule has 1 N–H and O–H groups in total. The van der Waals surface area contributed by atoms with Crippen LogP contribution in [0.3, 0.4) is 0 Å². The van der Waals surface area contributed by atoms with Crippen LogP contribution in [0, 0.1) is 0 Å². The number of pyridine rings is 1. The number of rotatable bonds is 0. The molecule has 1 heterocycles. The van der Waals surface area contributed by atoms with Crippen molar-refractivity contribution in [3.63, 3.8) is 0 Å². The van der Waals surface area contributed by atoms with Gasteiger partial charge in [-0.15, -0.1) is 0 Å². The van der Waals surface area contributed by atoms with Gasteiger partial charge < -0.3 is 10.2 Å². The zero-order valence-corrected chi connectivity index (χ0v) is 8.27. The molecule has 14 heavy (non-hydrogen) atoms. The van der Waals surface area contributed by atoms with Gasteiger partial charge in [-0.2, -0.15) is 0 Å². The normalized spacial score (nSPS) is 8.43. The van der Waals surface area contributed by atoms with Crippen molar-refractivity contribution in [3.05, 3.63) is 36.5 Å². The first-order chi connectivity index (χ1) is 6.38. The molecule has 0 aliphatic heterocycles. The Morgan fingerprint density at radius 3 is 2.43 bits per heavy atom. The number of fused-ring (bicyclic) bond motifs is 1. The van der Waals surface area contributed by atoms with Gasteiger partial charge in [0.05, 0.1) is 5.52 Å². The second-order valence-electron chi connectivity index (χ2n) is 2.33. The number of hydrogen-bond acceptors (Lipinski definition) is 3. The maximum atomic E-state index is 11.1. The largest absolute Gasteiger partial charge is 1.00 e. The van der Waals surface area contributed by atoms with E-state index < -0.39 is 0 Å². The van der Waals surface area contributed by atoms with Crippen LogP contribution in [0.5, 0.6) is 5.75 Å². The second-order valence-corrected chi connectivity index (χ2v) is 2.33. The van der Waals surface area contributed by atoms with Gasteiger partial charge in [0, 0.05) is 13.3 Å². The van der Waals surface area contributed by atoms with E-state index in [-0.39, 0.29) is 24.6 Å². The van der Waals surface area contributed by atoms with Crippen LogP contribution in [-0.2, 0) is 0 Å². The van der Waals surface area contributed by atoms with Crippen molar-refractivity contribution < 1.29 is 29.1 Å². The van der Waals surface area contributed by atoms with Crippen LogP contribution in [0.1, 0.15) is 0 Å². The molecule has 2 aromatic rings. The Balaban J connectivity index is 0.000000531. The van der Waals surface area contributed by atoms with Gasteiger partial charge >= 0.3 is 18.9 Å². The molecular formula is C10H10LiNO2. The Kier molecular flexibility index (Phi) is 5.98. The predicted molar refractivity (Wildman–Crippen MR) is 49.3 cm³/mol. The van der Waals surface area contributed by atoms with Crippen molar-refractivity contribution in [3.8, 4) is 5.75 Å². The van der Waals surface area contributed by atoms with Crippen LogP contribution in [-0.4, -0.2) is 17.2 Å². The Labute approximate surface area is 94.6 Å². The zero-order valence-electron chi connectivity index (χ0n) is 8.27. The summed E-state index contributed by atoms with van der Waals surface area (Å²) in [6.07, 6.45) is 1.53.